The SMILES string of the molecule is COc1ccc2cc(C(=O)c3ccc(F)cc3)ccc2c1-c1c(OC)ccc2cc(C(=O)c3ccc(Oc4ccc(Oc5ccc(Oc6ccc(C(=O)c7ccc8c(-c9c(OC)ccc%10cc(C(=O)c%11ccc(F)cc%11)ccc9%10)c(OC)ccc8c7)cc6)cc5)cc4)cc3)ccc12. The molecule has 0 spiro atoms. The summed E-state index contributed by atoms with van der Waals surface area (Å²) in [5.41, 5.74) is 6.66. The normalized spacial score (nSPS) is 11.2. The highest BCUT2D eigenvalue weighted by molar-refractivity contribution is 6.18. The molecule has 97 heavy (non-hydrogen) atoms. The largest absolute Gasteiger partial charge is 0.496 e. The van der Waals surface area contributed by atoms with E-state index in [1.165, 1.54) is 48.5 Å². The quantitative estimate of drug-likeness (QED) is 0.0675. The Bertz CT molecular complexity index is 5080. The molecule has 0 saturated heterocycles. The van der Waals surface area contributed by atoms with Crippen LogP contribution in [0.3, 0.4) is 0 Å². The number of hydrogen-bond acceptors (Lipinski definition) is 11. The molecule has 14 aromatic carbocycles. The number of halogens is 2. The maximum absolute atomic E-state index is 14.1. The summed E-state index contributed by atoms with van der Waals surface area (Å²) in [7, 11) is 6.41. The van der Waals surface area contributed by atoms with Crippen LogP contribution in [0.4, 0.5) is 8.78 Å². The first-order chi connectivity index (χ1) is 47.3. The van der Waals surface area contributed by atoms with Crippen molar-refractivity contribution in [1.29, 1.82) is 0 Å². The van der Waals surface area contributed by atoms with Crippen molar-refractivity contribution in [1.82, 2.24) is 0 Å². The fourth-order valence-corrected chi connectivity index (χ4v) is 12.3. The fourth-order valence-electron chi connectivity index (χ4n) is 12.3. The van der Waals surface area contributed by atoms with Gasteiger partial charge < -0.3 is 33.2 Å². The summed E-state index contributed by atoms with van der Waals surface area (Å²) in [4.78, 5) is 55.0. The molecule has 14 aromatic rings. The molecule has 0 bridgehead atoms. The zero-order valence-electron chi connectivity index (χ0n) is 52.7. The van der Waals surface area contributed by atoms with Crippen LogP contribution >= 0.6 is 0 Å². The zero-order chi connectivity index (χ0) is 66.8. The van der Waals surface area contributed by atoms with Gasteiger partial charge in [0.15, 0.2) is 23.1 Å². The van der Waals surface area contributed by atoms with Gasteiger partial charge in [-0.3, -0.25) is 19.2 Å². The highest BCUT2D eigenvalue weighted by Crippen LogP contribution is 2.48. The highest BCUT2D eigenvalue weighted by Gasteiger charge is 2.24. The van der Waals surface area contributed by atoms with Crippen molar-refractivity contribution < 1.29 is 61.1 Å². The van der Waals surface area contributed by atoms with Gasteiger partial charge in [-0.05, 0) is 237 Å². The lowest BCUT2D eigenvalue weighted by Crippen LogP contribution is -2.02. The topological polar surface area (TPSA) is 133 Å². The van der Waals surface area contributed by atoms with E-state index in [-0.39, 0.29) is 23.1 Å². The van der Waals surface area contributed by atoms with Gasteiger partial charge in [0.05, 0.1) is 28.4 Å². The van der Waals surface area contributed by atoms with Crippen molar-refractivity contribution in [3.05, 3.63) is 323 Å². The number of ether oxygens (including phenoxy) is 7. The molecule has 0 fully saturated rings. The minimum absolute atomic E-state index is 0.172. The zero-order valence-corrected chi connectivity index (χ0v) is 52.7. The number of carbonyl (C=O) groups excluding carboxylic acids is 4. The summed E-state index contributed by atoms with van der Waals surface area (Å²) in [5.74, 6) is 4.12. The van der Waals surface area contributed by atoms with E-state index in [1.54, 1.807) is 150 Å². The number of rotatable bonds is 20. The molecule has 0 heterocycles. The maximum atomic E-state index is 14.1. The molecule has 0 aliphatic heterocycles. The lowest BCUT2D eigenvalue weighted by atomic mass is 9.90. The number of benzene rings is 14. The Labute approximate surface area is 555 Å². The lowest BCUT2D eigenvalue weighted by molar-refractivity contribution is 0.103. The Hall–Kier alpha value is -12.7. The first-order valence-corrected chi connectivity index (χ1v) is 30.9. The van der Waals surface area contributed by atoms with Crippen molar-refractivity contribution in [2.75, 3.05) is 28.4 Å². The van der Waals surface area contributed by atoms with Crippen LogP contribution in [0.15, 0.2) is 267 Å². The average Bonchev–Trinajstić information content (AvgIpc) is 0.758. The van der Waals surface area contributed by atoms with Crippen molar-refractivity contribution in [3.63, 3.8) is 0 Å². The standard InChI is InChI=1S/C84H56F2O11/c1-91-73-41-17-53-45-57(81(87)49-5-21-61(85)22-6-49)13-37-69(53)77(73)79-71-39-15-59(47-55(71)19-43-75(79)93-3)83(89)51-9-25-63(26-10-51)95-65-29-33-67(34-30-65)97-68-35-31-66(32-36-68)96-64-27-11-52(12-28-64)84(90)60-16-40-72-56(48-60)20-44-76(94-4)80(72)78-70-38-14-58(46-54(70)18-42-74(78)92-2)82(88)50-7-23-62(86)24-8-50/h5-48H,1-4H3. The van der Waals surface area contributed by atoms with Crippen molar-refractivity contribution in [2.45, 2.75) is 0 Å². The van der Waals surface area contributed by atoms with E-state index in [0.717, 1.165) is 65.3 Å². The summed E-state index contributed by atoms with van der Waals surface area (Å²) in [5, 5.41) is 6.49. The Morgan fingerprint density at radius 1 is 0.227 bits per heavy atom. The van der Waals surface area contributed by atoms with E-state index in [9.17, 15) is 28.0 Å². The molecule has 0 N–H and O–H groups in total. The van der Waals surface area contributed by atoms with Crippen LogP contribution in [-0.2, 0) is 0 Å². The molecule has 0 amide bonds. The first-order valence-electron chi connectivity index (χ1n) is 30.9. The van der Waals surface area contributed by atoms with Crippen LogP contribution in [0.2, 0.25) is 0 Å². The number of carbonyl (C=O) groups is 4. The highest BCUT2D eigenvalue weighted by atomic mass is 19.1. The van der Waals surface area contributed by atoms with Gasteiger partial charge >= 0.3 is 0 Å². The van der Waals surface area contributed by atoms with Crippen LogP contribution in [0.1, 0.15) is 63.7 Å². The smallest absolute Gasteiger partial charge is 0.193 e. The van der Waals surface area contributed by atoms with Gasteiger partial charge in [-0.2, -0.15) is 0 Å². The Balaban J connectivity index is 0.603. The summed E-state index contributed by atoms with van der Waals surface area (Å²) in [6, 6.07) is 76.3. The Kier molecular flexibility index (Phi) is 16.8. The van der Waals surface area contributed by atoms with Crippen molar-refractivity contribution >= 4 is 66.2 Å². The lowest BCUT2D eigenvalue weighted by Gasteiger charge is -2.18. The van der Waals surface area contributed by atoms with Gasteiger partial charge in [-0.15, -0.1) is 0 Å². The molecule has 14 rings (SSSR count). The van der Waals surface area contributed by atoms with Gasteiger partial charge in [-0.1, -0.05) is 72.8 Å². The Morgan fingerprint density at radius 2 is 0.412 bits per heavy atom. The van der Waals surface area contributed by atoms with E-state index in [1.807, 2.05) is 97.1 Å². The Morgan fingerprint density at radius 3 is 0.619 bits per heavy atom. The van der Waals surface area contributed by atoms with E-state index < -0.39 is 11.6 Å². The first kappa shape index (κ1) is 61.7. The number of ketones is 4. The van der Waals surface area contributed by atoms with Crippen molar-refractivity contribution in [3.8, 4) is 79.7 Å². The van der Waals surface area contributed by atoms with Crippen LogP contribution in [-0.4, -0.2) is 51.6 Å². The minimum atomic E-state index is -0.418. The summed E-state index contributed by atoms with van der Waals surface area (Å²) >= 11 is 0. The summed E-state index contributed by atoms with van der Waals surface area (Å²) in [6.07, 6.45) is 0. The van der Waals surface area contributed by atoms with E-state index in [2.05, 4.69) is 0 Å². The maximum Gasteiger partial charge on any atom is 0.193 e. The molecule has 0 atom stereocenters. The van der Waals surface area contributed by atoms with Crippen LogP contribution in [0.25, 0.3) is 65.3 Å². The molecular weight excluding hydrogens is 1220 g/mol. The van der Waals surface area contributed by atoms with Crippen molar-refractivity contribution in [2.24, 2.45) is 0 Å². The van der Waals surface area contributed by atoms with Crippen LogP contribution in [0, 0.1) is 11.6 Å². The van der Waals surface area contributed by atoms with Crippen LogP contribution in [0.5, 0.6) is 57.5 Å². The second-order valence-electron chi connectivity index (χ2n) is 22.9. The predicted octanol–water partition coefficient (Wildman–Crippen LogP) is 20.2. The molecule has 0 aromatic heterocycles. The summed E-state index contributed by atoms with van der Waals surface area (Å²) in [6.45, 7) is 0. The molecule has 472 valence electrons. The molecule has 11 nitrogen and oxygen atoms in total. The fraction of sp³-hybridized carbons (Fsp3) is 0.0476. The molecule has 0 radical (unpaired) electrons. The second-order valence-corrected chi connectivity index (χ2v) is 22.9. The third kappa shape index (κ3) is 12.3. The molecule has 0 aliphatic rings. The molecule has 0 unspecified atom stereocenters. The third-order valence-electron chi connectivity index (χ3n) is 17.2. The molecule has 13 heteroatoms. The van der Waals surface area contributed by atoms with Gasteiger partial charge in [-0.25, -0.2) is 8.78 Å². The number of fused-ring (bicyclic) bond motifs is 4. The predicted molar refractivity (Wildman–Crippen MR) is 373 cm³/mol. The van der Waals surface area contributed by atoms with Crippen LogP contribution < -0.4 is 33.2 Å². The van der Waals surface area contributed by atoms with Gasteiger partial charge in [0, 0.05) is 66.8 Å². The third-order valence-corrected chi connectivity index (χ3v) is 17.2. The molecule has 0 aliphatic carbocycles. The van der Waals surface area contributed by atoms with Gasteiger partial charge in [0.25, 0.3) is 0 Å². The van der Waals surface area contributed by atoms with E-state index in [4.69, 9.17) is 33.2 Å². The minimum Gasteiger partial charge on any atom is -0.496 e. The number of methoxy groups -OCH3 is 4. The summed E-state index contributed by atoms with van der Waals surface area (Å²) < 4.78 is 69.5. The number of hydrogen-bond donors (Lipinski definition) is 0. The molecule has 0 saturated carbocycles. The van der Waals surface area contributed by atoms with E-state index >= 15 is 0 Å². The average molecular weight is 1280 g/mol. The van der Waals surface area contributed by atoms with Gasteiger partial charge in [0.1, 0.15) is 69.1 Å². The molecular formula is C84H56F2O11. The van der Waals surface area contributed by atoms with E-state index in [0.29, 0.717) is 102 Å². The monoisotopic (exact) mass is 1280 g/mol. The van der Waals surface area contributed by atoms with Gasteiger partial charge in [0.2, 0.25) is 0 Å². The second kappa shape index (κ2) is 26.3.